The van der Waals surface area contributed by atoms with E-state index < -0.39 is 17.4 Å². The minimum Gasteiger partial charge on any atom is -0.444 e. The van der Waals surface area contributed by atoms with Crippen LogP contribution >= 0.6 is 0 Å². The monoisotopic (exact) mass is 367 g/mol. The molecule has 3 atom stereocenters. The van der Waals surface area contributed by atoms with Crippen LogP contribution < -0.4 is 0 Å². The van der Waals surface area contributed by atoms with Crippen LogP contribution in [0.15, 0.2) is 11.6 Å². The number of hydrogen-bond acceptors (Lipinski definition) is 5. The Balaban J connectivity index is 2.31. The number of carbonyl (C=O) groups is 2. The van der Waals surface area contributed by atoms with Gasteiger partial charge in [0.05, 0.1) is 12.1 Å². The minimum atomic E-state index is -0.834. The number of amides is 1. The van der Waals surface area contributed by atoms with Crippen molar-refractivity contribution in [3.05, 3.63) is 11.6 Å². The van der Waals surface area contributed by atoms with Crippen LogP contribution in [0.25, 0.3) is 0 Å². The molecule has 1 saturated heterocycles. The Morgan fingerprint density at radius 3 is 2.50 bits per heavy atom. The summed E-state index contributed by atoms with van der Waals surface area (Å²) in [6, 6.07) is -0.288. The second kappa shape index (κ2) is 7.69. The quantitative estimate of drug-likeness (QED) is 0.691. The predicted molar refractivity (Wildman–Crippen MR) is 98.8 cm³/mol. The molecule has 0 bridgehead atoms. The normalized spacial score (nSPS) is 27.9. The highest BCUT2D eigenvalue weighted by atomic mass is 16.6. The van der Waals surface area contributed by atoms with Gasteiger partial charge in [-0.2, -0.15) is 0 Å². The van der Waals surface area contributed by atoms with Crippen LogP contribution in [0.1, 0.15) is 67.7 Å². The van der Waals surface area contributed by atoms with E-state index in [9.17, 15) is 9.59 Å². The van der Waals surface area contributed by atoms with E-state index in [-0.39, 0.29) is 24.4 Å². The average Bonchev–Trinajstić information content (AvgIpc) is 2.80. The van der Waals surface area contributed by atoms with E-state index in [0.29, 0.717) is 12.0 Å². The highest BCUT2D eigenvalue weighted by Gasteiger charge is 2.55. The summed E-state index contributed by atoms with van der Waals surface area (Å²) in [4.78, 5) is 26.0. The zero-order chi connectivity index (χ0) is 19.7. The van der Waals surface area contributed by atoms with Gasteiger partial charge in [-0.1, -0.05) is 13.8 Å². The molecule has 6 heteroatoms. The van der Waals surface area contributed by atoms with Gasteiger partial charge < -0.3 is 14.2 Å². The molecule has 1 aliphatic heterocycles. The summed E-state index contributed by atoms with van der Waals surface area (Å²) >= 11 is 0. The summed E-state index contributed by atoms with van der Waals surface area (Å²) in [6.07, 6.45) is 3.89. The molecular weight excluding hydrogens is 334 g/mol. The largest absolute Gasteiger partial charge is 0.444 e. The molecule has 0 aromatic rings. The zero-order valence-electron chi connectivity index (χ0n) is 17.1. The van der Waals surface area contributed by atoms with Gasteiger partial charge in [-0.3, -0.25) is 9.69 Å². The lowest BCUT2D eigenvalue weighted by atomic mass is 9.90. The Kier molecular flexibility index (Phi) is 6.18. The molecule has 0 aromatic heterocycles. The van der Waals surface area contributed by atoms with Crippen LogP contribution in [0.5, 0.6) is 0 Å². The Morgan fingerprint density at radius 2 is 2.00 bits per heavy atom. The van der Waals surface area contributed by atoms with Gasteiger partial charge in [0.2, 0.25) is 0 Å². The van der Waals surface area contributed by atoms with Crippen molar-refractivity contribution in [3.8, 4) is 0 Å². The number of aldehydes is 1. The molecule has 1 aliphatic carbocycles. The first-order valence-corrected chi connectivity index (χ1v) is 9.53. The third-order valence-corrected chi connectivity index (χ3v) is 4.86. The molecule has 0 saturated carbocycles. The van der Waals surface area contributed by atoms with Crippen LogP contribution in [0, 0.1) is 0 Å². The topological polar surface area (TPSA) is 65.1 Å². The maximum Gasteiger partial charge on any atom is 0.412 e. The number of hydrogen-bond donors (Lipinski definition) is 0. The van der Waals surface area contributed by atoms with E-state index in [1.807, 2.05) is 40.7 Å². The van der Waals surface area contributed by atoms with Crippen LogP contribution in [0.4, 0.5) is 4.79 Å². The fourth-order valence-corrected chi connectivity index (χ4v) is 3.70. The number of fused-ring (bicyclic) bond motifs is 1. The third-order valence-electron chi connectivity index (χ3n) is 4.86. The lowest BCUT2D eigenvalue weighted by molar-refractivity contribution is -0.120. The van der Waals surface area contributed by atoms with Crippen molar-refractivity contribution in [2.24, 2.45) is 0 Å². The van der Waals surface area contributed by atoms with Crippen LogP contribution in [0.3, 0.4) is 0 Å². The number of rotatable bonds is 5. The molecule has 26 heavy (non-hydrogen) atoms. The summed E-state index contributed by atoms with van der Waals surface area (Å²) in [5.41, 5.74) is -0.800. The van der Waals surface area contributed by atoms with Gasteiger partial charge in [-0.05, 0) is 65.5 Å². The third kappa shape index (κ3) is 4.46. The van der Waals surface area contributed by atoms with Crippen molar-refractivity contribution in [1.82, 2.24) is 4.90 Å². The molecule has 0 unspecified atom stereocenters. The second-order valence-corrected chi connectivity index (χ2v) is 8.55. The second-order valence-electron chi connectivity index (χ2n) is 8.55. The molecular formula is C20H33NO5. The van der Waals surface area contributed by atoms with Gasteiger partial charge in [-0.15, -0.1) is 0 Å². The highest BCUT2D eigenvalue weighted by Crippen LogP contribution is 2.41. The summed E-state index contributed by atoms with van der Waals surface area (Å²) in [6.45, 7) is 13.4. The minimum absolute atomic E-state index is 0.0881. The first kappa shape index (κ1) is 20.9. The van der Waals surface area contributed by atoms with Crippen molar-refractivity contribution < 1.29 is 23.8 Å². The smallest absolute Gasteiger partial charge is 0.412 e. The zero-order valence-corrected chi connectivity index (χ0v) is 17.1. The Labute approximate surface area is 156 Å². The first-order valence-electron chi connectivity index (χ1n) is 9.53. The lowest BCUT2D eigenvalue weighted by Crippen LogP contribution is -2.52. The van der Waals surface area contributed by atoms with E-state index in [2.05, 4.69) is 13.8 Å². The molecule has 0 radical (unpaired) electrons. The van der Waals surface area contributed by atoms with E-state index >= 15 is 0 Å². The maximum atomic E-state index is 12.8. The van der Waals surface area contributed by atoms with Gasteiger partial charge in [-0.25, -0.2) is 4.79 Å². The highest BCUT2D eigenvalue weighted by molar-refractivity contribution is 5.75. The number of nitrogens with zero attached hydrogens (tertiary/aromatic N) is 1. The molecule has 1 fully saturated rings. The van der Waals surface area contributed by atoms with Crippen molar-refractivity contribution in [1.29, 1.82) is 0 Å². The predicted octanol–water partition coefficient (Wildman–Crippen LogP) is 3.83. The Hall–Kier alpha value is -1.40. The van der Waals surface area contributed by atoms with Gasteiger partial charge in [0.25, 0.3) is 0 Å². The van der Waals surface area contributed by atoms with E-state index in [1.165, 1.54) is 0 Å². The van der Waals surface area contributed by atoms with E-state index in [0.717, 1.165) is 19.1 Å². The van der Waals surface area contributed by atoms with E-state index in [1.54, 1.807) is 4.90 Å². The molecule has 0 N–H and O–H groups in total. The summed E-state index contributed by atoms with van der Waals surface area (Å²) in [7, 11) is 0. The fourth-order valence-electron chi connectivity index (χ4n) is 3.70. The molecule has 0 spiro atoms. The number of ether oxygens (including phenoxy) is 3. The van der Waals surface area contributed by atoms with Crippen LogP contribution in [-0.2, 0) is 19.0 Å². The van der Waals surface area contributed by atoms with Gasteiger partial charge >= 0.3 is 6.09 Å². The molecule has 2 aliphatic rings. The SMILES string of the molecule is CCC(CC)O[C@@H]1C=C(C=O)C[C@H]2[C@H]1OC(C)(C)N2C(=O)OC(C)(C)C. The summed E-state index contributed by atoms with van der Waals surface area (Å²) < 4.78 is 18.0. The van der Waals surface area contributed by atoms with Crippen LogP contribution in [-0.4, -0.2) is 53.0 Å². The van der Waals surface area contributed by atoms with Crippen molar-refractivity contribution in [2.75, 3.05) is 0 Å². The van der Waals surface area contributed by atoms with E-state index in [4.69, 9.17) is 14.2 Å². The maximum absolute atomic E-state index is 12.8. The molecule has 1 heterocycles. The number of carbonyl (C=O) groups excluding carboxylic acids is 2. The van der Waals surface area contributed by atoms with Crippen molar-refractivity contribution >= 4 is 12.4 Å². The lowest BCUT2D eigenvalue weighted by Gasteiger charge is -2.37. The van der Waals surface area contributed by atoms with Crippen LogP contribution in [0.2, 0.25) is 0 Å². The standard InChI is InChI=1S/C20H33NO5/c1-8-14(9-2)24-16-11-13(12-22)10-15-17(16)25-20(6,7)21(15)18(23)26-19(3,4)5/h11-12,14-17H,8-10H2,1-7H3/t15-,16+,17+/m0/s1. The molecule has 6 nitrogen and oxygen atoms in total. The summed E-state index contributed by atoms with van der Waals surface area (Å²) in [5, 5.41) is 0. The summed E-state index contributed by atoms with van der Waals surface area (Å²) in [5.74, 6) is 0. The van der Waals surface area contributed by atoms with Crippen molar-refractivity contribution in [2.45, 2.75) is 103 Å². The van der Waals surface area contributed by atoms with Gasteiger partial charge in [0.1, 0.15) is 29.8 Å². The van der Waals surface area contributed by atoms with Gasteiger partial charge in [0.15, 0.2) is 0 Å². The Bertz CT molecular complexity index is 559. The average molecular weight is 367 g/mol. The molecule has 2 rings (SSSR count). The van der Waals surface area contributed by atoms with Gasteiger partial charge in [0, 0.05) is 0 Å². The Morgan fingerprint density at radius 1 is 1.38 bits per heavy atom. The molecule has 0 aromatic carbocycles. The van der Waals surface area contributed by atoms with Crippen molar-refractivity contribution in [3.63, 3.8) is 0 Å². The molecule has 1 amide bonds. The fraction of sp³-hybridized carbons (Fsp3) is 0.800. The molecule has 148 valence electrons. The first-order chi connectivity index (χ1) is 12.0.